The summed E-state index contributed by atoms with van der Waals surface area (Å²) in [6.07, 6.45) is 1.33. The standard InChI is InChI=1S/C16H14ClN3O/c1-11-5-6-13(16-20-19-10-21-16)8-15(11)18-9-12-3-2-4-14(17)7-12/h2-8,10,18H,9H2,1H3. The molecule has 4 nitrogen and oxygen atoms in total. The van der Waals surface area contributed by atoms with Crippen molar-refractivity contribution in [3.05, 3.63) is 65.0 Å². The third-order valence-corrected chi connectivity index (χ3v) is 3.45. The summed E-state index contributed by atoms with van der Waals surface area (Å²) in [7, 11) is 0. The van der Waals surface area contributed by atoms with Crippen molar-refractivity contribution in [2.75, 3.05) is 5.32 Å². The molecule has 5 heteroatoms. The Balaban J connectivity index is 1.80. The first-order valence-electron chi connectivity index (χ1n) is 6.58. The van der Waals surface area contributed by atoms with Crippen LogP contribution in [0.5, 0.6) is 0 Å². The molecule has 0 saturated carbocycles. The maximum Gasteiger partial charge on any atom is 0.247 e. The number of nitrogens with one attached hydrogen (secondary N) is 1. The van der Waals surface area contributed by atoms with E-state index in [9.17, 15) is 0 Å². The van der Waals surface area contributed by atoms with Gasteiger partial charge in [-0.15, -0.1) is 10.2 Å². The Bertz CT molecular complexity index is 741. The van der Waals surface area contributed by atoms with Crippen molar-refractivity contribution in [2.24, 2.45) is 0 Å². The lowest BCUT2D eigenvalue weighted by Gasteiger charge is -2.11. The fourth-order valence-electron chi connectivity index (χ4n) is 2.09. The van der Waals surface area contributed by atoms with Crippen LogP contribution in [0.25, 0.3) is 11.5 Å². The molecule has 2 aromatic carbocycles. The van der Waals surface area contributed by atoms with Gasteiger partial charge in [0.2, 0.25) is 12.3 Å². The van der Waals surface area contributed by atoms with Gasteiger partial charge in [0.1, 0.15) is 0 Å². The van der Waals surface area contributed by atoms with E-state index in [4.69, 9.17) is 16.0 Å². The SMILES string of the molecule is Cc1ccc(-c2nnco2)cc1NCc1cccc(Cl)c1. The van der Waals surface area contributed by atoms with Crippen molar-refractivity contribution < 1.29 is 4.42 Å². The van der Waals surface area contributed by atoms with Crippen molar-refractivity contribution in [2.45, 2.75) is 13.5 Å². The number of aromatic nitrogens is 2. The molecular formula is C16H14ClN3O. The summed E-state index contributed by atoms with van der Waals surface area (Å²) in [6, 6.07) is 13.8. The van der Waals surface area contributed by atoms with Gasteiger partial charge in [0.15, 0.2) is 0 Å². The molecule has 1 heterocycles. The van der Waals surface area contributed by atoms with E-state index in [1.54, 1.807) is 0 Å². The van der Waals surface area contributed by atoms with Gasteiger partial charge in [-0.1, -0.05) is 29.8 Å². The van der Waals surface area contributed by atoms with Crippen molar-refractivity contribution in [3.63, 3.8) is 0 Å². The normalized spacial score (nSPS) is 10.6. The van der Waals surface area contributed by atoms with Crippen LogP contribution in [0.2, 0.25) is 5.02 Å². The summed E-state index contributed by atoms with van der Waals surface area (Å²) in [6.45, 7) is 2.76. The highest BCUT2D eigenvalue weighted by molar-refractivity contribution is 6.30. The highest BCUT2D eigenvalue weighted by Gasteiger charge is 2.06. The molecule has 0 amide bonds. The predicted molar refractivity (Wildman–Crippen MR) is 83.2 cm³/mol. The molecule has 0 unspecified atom stereocenters. The monoisotopic (exact) mass is 299 g/mol. The van der Waals surface area contributed by atoms with Crippen molar-refractivity contribution in [3.8, 4) is 11.5 Å². The lowest BCUT2D eigenvalue weighted by atomic mass is 10.1. The van der Waals surface area contributed by atoms with Crippen LogP contribution in [-0.2, 0) is 6.54 Å². The molecule has 106 valence electrons. The van der Waals surface area contributed by atoms with Gasteiger partial charge in [-0.3, -0.25) is 0 Å². The molecule has 3 rings (SSSR count). The van der Waals surface area contributed by atoms with Gasteiger partial charge in [0.05, 0.1) is 0 Å². The molecule has 1 aromatic heterocycles. The third kappa shape index (κ3) is 3.23. The number of halogens is 1. The predicted octanol–water partition coefficient (Wildman–Crippen LogP) is 4.31. The zero-order chi connectivity index (χ0) is 14.7. The van der Waals surface area contributed by atoms with Gasteiger partial charge >= 0.3 is 0 Å². The maximum atomic E-state index is 6.00. The molecule has 0 saturated heterocycles. The summed E-state index contributed by atoms with van der Waals surface area (Å²) in [4.78, 5) is 0. The number of aryl methyl sites for hydroxylation is 1. The summed E-state index contributed by atoms with van der Waals surface area (Å²) in [5.74, 6) is 0.515. The molecule has 0 aliphatic heterocycles. The first kappa shape index (κ1) is 13.6. The van der Waals surface area contributed by atoms with Gasteiger partial charge in [-0.25, -0.2) is 0 Å². The second-order valence-electron chi connectivity index (χ2n) is 4.76. The van der Waals surface area contributed by atoms with Gasteiger partial charge in [-0.2, -0.15) is 0 Å². The van der Waals surface area contributed by atoms with Crippen LogP contribution in [0.15, 0.2) is 53.3 Å². The Morgan fingerprint density at radius 1 is 1.19 bits per heavy atom. The smallest absolute Gasteiger partial charge is 0.247 e. The number of hydrogen-bond acceptors (Lipinski definition) is 4. The third-order valence-electron chi connectivity index (χ3n) is 3.22. The zero-order valence-electron chi connectivity index (χ0n) is 11.5. The van der Waals surface area contributed by atoms with E-state index in [1.165, 1.54) is 6.39 Å². The molecule has 3 aromatic rings. The summed E-state index contributed by atoms with van der Waals surface area (Å²) >= 11 is 6.00. The summed E-state index contributed by atoms with van der Waals surface area (Å²) in [5.41, 5.74) is 4.21. The van der Waals surface area contributed by atoms with Crippen LogP contribution in [0, 0.1) is 6.92 Å². The Labute approximate surface area is 127 Å². The van der Waals surface area contributed by atoms with Crippen LogP contribution in [0.4, 0.5) is 5.69 Å². The largest absolute Gasteiger partial charge is 0.423 e. The molecule has 0 radical (unpaired) electrons. The summed E-state index contributed by atoms with van der Waals surface area (Å²) in [5, 5.41) is 11.8. The number of benzene rings is 2. The van der Waals surface area contributed by atoms with Crippen LogP contribution < -0.4 is 5.32 Å². The van der Waals surface area contributed by atoms with E-state index in [1.807, 2.05) is 42.5 Å². The van der Waals surface area contributed by atoms with E-state index in [2.05, 4.69) is 22.4 Å². The first-order valence-corrected chi connectivity index (χ1v) is 6.96. The minimum absolute atomic E-state index is 0.515. The Kier molecular flexibility index (Phi) is 3.88. The van der Waals surface area contributed by atoms with E-state index in [0.717, 1.165) is 27.4 Å². The van der Waals surface area contributed by atoms with E-state index in [-0.39, 0.29) is 0 Å². The highest BCUT2D eigenvalue weighted by atomic mass is 35.5. The lowest BCUT2D eigenvalue weighted by molar-refractivity contribution is 0.568. The quantitative estimate of drug-likeness (QED) is 0.780. The summed E-state index contributed by atoms with van der Waals surface area (Å²) < 4.78 is 5.23. The average Bonchev–Trinajstić information content (AvgIpc) is 3.01. The van der Waals surface area contributed by atoms with Crippen molar-refractivity contribution in [1.29, 1.82) is 0 Å². The van der Waals surface area contributed by atoms with Crippen LogP contribution in [0.1, 0.15) is 11.1 Å². The van der Waals surface area contributed by atoms with Crippen LogP contribution >= 0.6 is 11.6 Å². The van der Waals surface area contributed by atoms with Gasteiger partial charge in [0.25, 0.3) is 0 Å². The second-order valence-corrected chi connectivity index (χ2v) is 5.19. The Morgan fingerprint density at radius 3 is 2.86 bits per heavy atom. The minimum Gasteiger partial charge on any atom is -0.423 e. The molecule has 1 N–H and O–H groups in total. The molecular weight excluding hydrogens is 286 g/mol. The molecule has 0 aliphatic rings. The Hall–Kier alpha value is -2.33. The molecule has 0 fully saturated rings. The van der Waals surface area contributed by atoms with Crippen molar-refractivity contribution >= 4 is 17.3 Å². The Morgan fingerprint density at radius 2 is 2.10 bits per heavy atom. The van der Waals surface area contributed by atoms with Gasteiger partial charge in [0, 0.05) is 22.8 Å². The molecule has 0 bridgehead atoms. The van der Waals surface area contributed by atoms with E-state index < -0.39 is 0 Å². The topological polar surface area (TPSA) is 51.0 Å². The zero-order valence-corrected chi connectivity index (χ0v) is 12.3. The highest BCUT2D eigenvalue weighted by Crippen LogP contribution is 2.24. The van der Waals surface area contributed by atoms with E-state index in [0.29, 0.717) is 12.4 Å². The van der Waals surface area contributed by atoms with Crippen LogP contribution in [-0.4, -0.2) is 10.2 Å². The maximum absolute atomic E-state index is 6.00. The fraction of sp³-hybridized carbons (Fsp3) is 0.125. The second kappa shape index (κ2) is 5.97. The van der Waals surface area contributed by atoms with Crippen molar-refractivity contribution in [1.82, 2.24) is 10.2 Å². The number of rotatable bonds is 4. The lowest BCUT2D eigenvalue weighted by Crippen LogP contribution is -2.01. The number of nitrogens with zero attached hydrogens (tertiary/aromatic N) is 2. The minimum atomic E-state index is 0.515. The van der Waals surface area contributed by atoms with Gasteiger partial charge in [-0.05, 0) is 42.3 Å². The molecule has 0 aliphatic carbocycles. The number of hydrogen-bond donors (Lipinski definition) is 1. The van der Waals surface area contributed by atoms with E-state index >= 15 is 0 Å². The average molecular weight is 300 g/mol. The molecule has 0 spiro atoms. The number of anilines is 1. The first-order chi connectivity index (χ1) is 10.2. The van der Waals surface area contributed by atoms with Gasteiger partial charge < -0.3 is 9.73 Å². The van der Waals surface area contributed by atoms with Crippen LogP contribution in [0.3, 0.4) is 0 Å². The fourth-order valence-corrected chi connectivity index (χ4v) is 2.30. The molecule has 0 atom stereocenters. The molecule has 21 heavy (non-hydrogen) atoms.